The van der Waals surface area contributed by atoms with Crippen LogP contribution in [0, 0.1) is 0 Å². The minimum absolute atomic E-state index is 0.0257. The van der Waals surface area contributed by atoms with Gasteiger partial charge in [-0.15, -0.1) is 0 Å². The number of carboxylic acids is 1. The van der Waals surface area contributed by atoms with Gasteiger partial charge in [-0.05, 0) is 36.3 Å². The molecule has 1 aliphatic rings. The second-order valence-electron chi connectivity index (χ2n) is 7.54. The van der Waals surface area contributed by atoms with Crippen LogP contribution in [0.3, 0.4) is 0 Å². The summed E-state index contributed by atoms with van der Waals surface area (Å²) in [6.45, 7) is 8.30. The predicted octanol–water partition coefficient (Wildman–Crippen LogP) is 3.18. The van der Waals surface area contributed by atoms with E-state index in [1.165, 1.54) is 5.56 Å². The summed E-state index contributed by atoms with van der Waals surface area (Å²) in [6.07, 6.45) is 0.968. The van der Waals surface area contributed by atoms with Crippen molar-refractivity contribution in [2.75, 3.05) is 0 Å². The molecule has 3 unspecified atom stereocenters. The summed E-state index contributed by atoms with van der Waals surface area (Å²) >= 11 is 0. The molecule has 1 aromatic rings. The number of hydrogen-bond acceptors (Lipinski definition) is 3. The first-order valence-corrected chi connectivity index (χ1v) is 8.45. The van der Waals surface area contributed by atoms with Gasteiger partial charge in [0, 0.05) is 0 Å². The van der Waals surface area contributed by atoms with E-state index in [-0.39, 0.29) is 23.8 Å². The molecule has 2 rings (SSSR count). The van der Waals surface area contributed by atoms with Crippen LogP contribution in [0.5, 0.6) is 0 Å². The molecule has 0 aliphatic carbocycles. The molecule has 0 spiro atoms. The Morgan fingerprint density at radius 1 is 1.25 bits per heavy atom. The third kappa shape index (κ3) is 4.81. The summed E-state index contributed by atoms with van der Waals surface area (Å²) in [6, 6.07) is 7.22. The third-order valence-corrected chi connectivity index (χ3v) is 4.40. The first-order valence-electron chi connectivity index (χ1n) is 8.45. The molecule has 1 heterocycles. The molecule has 1 amide bonds. The fourth-order valence-electron chi connectivity index (χ4n) is 2.90. The molecule has 3 atom stereocenters. The maximum absolute atomic E-state index is 12.4. The average Bonchev–Trinajstić information content (AvgIpc) is 2.92. The highest BCUT2D eigenvalue weighted by atomic mass is 16.5. The van der Waals surface area contributed by atoms with Crippen LogP contribution in [0.2, 0.25) is 0 Å². The molecule has 5 nitrogen and oxygen atoms in total. The summed E-state index contributed by atoms with van der Waals surface area (Å²) in [4.78, 5) is 23.5. The molecule has 2 N–H and O–H groups in total. The molecule has 1 aliphatic heterocycles. The van der Waals surface area contributed by atoms with Crippen LogP contribution in [0.15, 0.2) is 24.3 Å². The van der Waals surface area contributed by atoms with Crippen LogP contribution in [0.4, 0.5) is 0 Å². The number of rotatable bonds is 5. The van der Waals surface area contributed by atoms with Gasteiger partial charge >= 0.3 is 5.97 Å². The van der Waals surface area contributed by atoms with Gasteiger partial charge in [0.25, 0.3) is 0 Å². The molecule has 1 fully saturated rings. The first-order chi connectivity index (χ1) is 11.2. The molecular formula is C19H27NO4. The van der Waals surface area contributed by atoms with Crippen LogP contribution in [-0.2, 0) is 19.7 Å². The van der Waals surface area contributed by atoms with Gasteiger partial charge in [0.05, 0.1) is 18.6 Å². The van der Waals surface area contributed by atoms with E-state index in [4.69, 9.17) is 9.84 Å². The summed E-state index contributed by atoms with van der Waals surface area (Å²) in [5.74, 6) is -1.17. The summed E-state index contributed by atoms with van der Waals surface area (Å²) in [7, 11) is 0. The Labute approximate surface area is 143 Å². The van der Waals surface area contributed by atoms with E-state index in [1.807, 2.05) is 31.2 Å². The molecule has 0 saturated carbocycles. The van der Waals surface area contributed by atoms with E-state index < -0.39 is 18.1 Å². The van der Waals surface area contributed by atoms with Crippen molar-refractivity contribution in [3.63, 3.8) is 0 Å². The van der Waals surface area contributed by atoms with Crippen molar-refractivity contribution in [2.24, 2.45) is 0 Å². The second-order valence-corrected chi connectivity index (χ2v) is 7.54. The Kier molecular flexibility index (Phi) is 5.65. The molecule has 132 valence electrons. The van der Waals surface area contributed by atoms with Crippen molar-refractivity contribution < 1.29 is 19.4 Å². The topological polar surface area (TPSA) is 75.6 Å². The summed E-state index contributed by atoms with van der Waals surface area (Å²) < 4.78 is 5.57. The SMILES string of the molecule is CC1CCC(C(=O)NC(CC(=O)O)c2ccc(C(C)(C)C)cc2)O1. The highest BCUT2D eigenvalue weighted by Crippen LogP contribution is 2.26. The molecule has 0 aromatic heterocycles. The lowest BCUT2D eigenvalue weighted by Gasteiger charge is -2.22. The molecule has 24 heavy (non-hydrogen) atoms. The monoisotopic (exact) mass is 333 g/mol. The number of ether oxygens (including phenoxy) is 1. The largest absolute Gasteiger partial charge is 0.481 e. The lowest BCUT2D eigenvalue weighted by Crippen LogP contribution is -2.38. The van der Waals surface area contributed by atoms with Gasteiger partial charge in [-0.2, -0.15) is 0 Å². The number of amides is 1. The van der Waals surface area contributed by atoms with E-state index in [1.54, 1.807) is 0 Å². The molecule has 0 bridgehead atoms. The van der Waals surface area contributed by atoms with E-state index in [9.17, 15) is 9.59 Å². The van der Waals surface area contributed by atoms with E-state index in [2.05, 4.69) is 26.1 Å². The Balaban J connectivity index is 2.13. The van der Waals surface area contributed by atoms with Crippen LogP contribution >= 0.6 is 0 Å². The summed E-state index contributed by atoms with van der Waals surface area (Å²) in [5.41, 5.74) is 1.99. The zero-order chi connectivity index (χ0) is 17.9. The number of hydrogen-bond donors (Lipinski definition) is 2. The predicted molar refractivity (Wildman–Crippen MR) is 91.8 cm³/mol. The fraction of sp³-hybridized carbons (Fsp3) is 0.579. The van der Waals surface area contributed by atoms with Gasteiger partial charge in [-0.1, -0.05) is 45.0 Å². The van der Waals surface area contributed by atoms with Crippen molar-refractivity contribution in [3.8, 4) is 0 Å². The van der Waals surface area contributed by atoms with Gasteiger partial charge in [-0.25, -0.2) is 0 Å². The summed E-state index contributed by atoms with van der Waals surface area (Å²) in [5, 5.41) is 12.0. The van der Waals surface area contributed by atoms with E-state index in [0.717, 1.165) is 12.0 Å². The first kappa shape index (κ1) is 18.5. The molecule has 0 radical (unpaired) electrons. The van der Waals surface area contributed by atoms with Crippen molar-refractivity contribution in [3.05, 3.63) is 35.4 Å². The highest BCUT2D eigenvalue weighted by molar-refractivity contribution is 5.82. The minimum atomic E-state index is -0.944. The zero-order valence-electron chi connectivity index (χ0n) is 14.8. The third-order valence-electron chi connectivity index (χ3n) is 4.40. The Hall–Kier alpha value is -1.88. The van der Waals surface area contributed by atoms with Crippen LogP contribution in [0.25, 0.3) is 0 Å². The number of carbonyl (C=O) groups excluding carboxylic acids is 1. The van der Waals surface area contributed by atoms with Crippen molar-refractivity contribution in [1.29, 1.82) is 0 Å². The van der Waals surface area contributed by atoms with Gasteiger partial charge in [0.15, 0.2) is 0 Å². The Morgan fingerprint density at radius 3 is 2.33 bits per heavy atom. The smallest absolute Gasteiger partial charge is 0.305 e. The molecular weight excluding hydrogens is 306 g/mol. The van der Waals surface area contributed by atoms with Gasteiger partial charge < -0.3 is 15.2 Å². The Bertz CT molecular complexity index is 588. The minimum Gasteiger partial charge on any atom is -0.481 e. The number of nitrogens with one attached hydrogen (secondary N) is 1. The Morgan fingerprint density at radius 2 is 1.88 bits per heavy atom. The molecule has 5 heteroatoms. The second kappa shape index (κ2) is 7.34. The fourth-order valence-corrected chi connectivity index (χ4v) is 2.90. The van der Waals surface area contributed by atoms with Gasteiger partial charge in [-0.3, -0.25) is 9.59 Å². The number of benzene rings is 1. The quantitative estimate of drug-likeness (QED) is 0.868. The molecule has 1 saturated heterocycles. The van der Waals surface area contributed by atoms with Crippen LogP contribution in [0.1, 0.15) is 64.1 Å². The molecule has 1 aromatic carbocycles. The number of carbonyl (C=O) groups is 2. The highest BCUT2D eigenvalue weighted by Gasteiger charge is 2.30. The maximum atomic E-state index is 12.4. The normalized spacial score (nSPS) is 22.2. The zero-order valence-corrected chi connectivity index (χ0v) is 14.8. The van der Waals surface area contributed by atoms with Gasteiger partial charge in [0.2, 0.25) is 5.91 Å². The van der Waals surface area contributed by atoms with Crippen LogP contribution in [-0.4, -0.2) is 29.2 Å². The lowest BCUT2D eigenvalue weighted by atomic mass is 9.86. The van der Waals surface area contributed by atoms with E-state index in [0.29, 0.717) is 6.42 Å². The number of carboxylic acid groups (broad SMARTS) is 1. The maximum Gasteiger partial charge on any atom is 0.305 e. The lowest BCUT2D eigenvalue weighted by molar-refractivity contribution is -0.138. The van der Waals surface area contributed by atoms with Crippen molar-refractivity contribution in [2.45, 2.75) is 70.6 Å². The van der Waals surface area contributed by atoms with Crippen LogP contribution < -0.4 is 5.32 Å². The van der Waals surface area contributed by atoms with Gasteiger partial charge in [0.1, 0.15) is 6.10 Å². The number of aliphatic carboxylic acids is 1. The van der Waals surface area contributed by atoms with E-state index >= 15 is 0 Å². The standard InChI is InChI=1S/C19H27NO4/c1-12-5-10-16(24-12)18(23)20-15(11-17(21)22)13-6-8-14(9-7-13)19(2,3)4/h6-9,12,15-16H,5,10-11H2,1-4H3,(H,20,23)(H,21,22). The van der Waals surface area contributed by atoms with Crippen molar-refractivity contribution in [1.82, 2.24) is 5.32 Å². The average molecular weight is 333 g/mol. The van der Waals surface area contributed by atoms with Crippen molar-refractivity contribution >= 4 is 11.9 Å².